The molecule has 222 valence electrons. The van der Waals surface area contributed by atoms with E-state index >= 15 is 0 Å². The number of hydrogen-bond donors (Lipinski definition) is 2. The lowest BCUT2D eigenvalue weighted by atomic mass is 9.81. The molecular weight excluding hydrogens is 565 g/mol. The number of rotatable bonds is 9. The van der Waals surface area contributed by atoms with Gasteiger partial charge in [0.1, 0.15) is 22.7 Å². The summed E-state index contributed by atoms with van der Waals surface area (Å²) in [5.41, 5.74) is 3.11. The number of pyridine rings is 1. The minimum Gasteiger partial charge on any atom is -0.495 e. The molecule has 12 heteroatoms. The average Bonchev–Trinajstić information content (AvgIpc) is 3.37. The predicted octanol–water partition coefficient (Wildman–Crippen LogP) is 5.69. The van der Waals surface area contributed by atoms with Gasteiger partial charge in [0.15, 0.2) is 0 Å². The Bertz CT molecular complexity index is 1530. The van der Waals surface area contributed by atoms with Crippen LogP contribution in [0, 0.1) is 5.92 Å². The van der Waals surface area contributed by atoms with Crippen LogP contribution in [-0.4, -0.2) is 65.2 Å². The SMILES string of the molecule is COc1cncc(-c2ccc(CN[C@@H]3C[C@H](Nc4ncnc5sc(CC(F)(F)F)cc45)C[C@H](C(=O)N(C)C)C3)cc2)c1. The first-order chi connectivity index (χ1) is 20.1. The number of nitrogens with zero attached hydrogens (tertiary/aromatic N) is 4. The second kappa shape index (κ2) is 12.6. The maximum atomic E-state index is 13.0. The van der Waals surface area contributed by atoms with Crippen molar-refractivity contribution in [2.45, 2.75) is 50.5 Å². The lowest BCUT2D eigenvalue weighted by Gasteiger charge is -2.36. The molecule has 0 aliphatic heterocycles. The smallest absolute Gasteiger partial charge is 0.393 e. The molecule has 3 atom stereocenters. The Morgan fingerprint density at radius 3 is 2.52 bits per heavy atom. The molecule has 1 aliphatic rings. The summed E-state index contributed by atoms with van der Waals surface area (Å²) in [5.74, 6) is 1.05. The van der Waals surface area contributed by atoms with Crippen molar-refractivity contribution in [1.29, 1.82) is 0 Å². The molecule has 0 spiro atoms. The Labute approximate surface area is 246 Å². The lowest BCUT2D eigenvalue weighted by Crippen LogP contribution is -2.46. The van der Waals surface area contributed by atoms with E-state index < -0.39 is 12.6 Å². The second-order valence-corrected chi connectivity index (χ2v) is 11.9. The number of amides is 1. The van der Waals surface area contributed by atoms with E-state index in [1.807, 2.05) is 18.2 Å². The molecule has 1 aliphatic carbocycles. The highest BCUT2D eigenvalue weighted by molar-refractivity contribution is 7.18. The Kier molecular flexibility index (Phi) is 8.93. The van der Waals surface area contributed by atoms with Gasteiger partial charge in [0.2, 0.25) is 5.91 Å². The second-order valence-electron chi connectivity index (χ2n) is 10.8. The summed E-state index contributed by atoms with van der Waals surface area (Å²) in [7, 11) is 5.12. The van der Waals surface area contributed by atoms with Crippen LogP contribution in [0.4, 0.5) is 19.0 Å². The number of carbonyl (C=O) groups excluding carboxylic acids is 1. The van der Waals surface area contributed by atoms with Gasteiger partial charge in [-0.2, -0.15) is 13.2 Å². The maximum absolute atomic E-state index is 13.0. The monoisotopic (exact) mass is 598 g/mol. The zero-order chi connectivity index (χ0) is 29.9. The average molecular weight is 599 g/mol. The summed E-state index contributed by atoms with van der Waals surface area (Å²) in [6, 6.07) is 11.6. The van der Waals surface area contributed by atoms with E-state index in [0.717, 1.165) is 34.4 Å². The van der Waals surface area contributed by atoms with Crippen molar-refractivity contribution in [3.63, 3.8) is 0 Å². The van der Waals surface area contributed by atoms with E-state index in [1.165, 1.54) is 12.4 Å². The van der Waals surface area contributed by atoms with Crippen molar-refractivity contribution in [2.24, 2.45) is 5.92 Å². The van der Waals surface area contributed by atoms with Crippen LogP contribution in [0.5, 0.6) is 5.75 Å². The predicted molar refractivity (Wildman–Crippen MR) is 157 cm³/mol. The summed E-state index contributed by atoms with van der Waals surface area (Å²) < 4.78 is 44.3. The number of anilines is 1. The summed E-state index contributed by atoms with van der Waals surface area (Å²) >= 11 is 1.02. The van der Waals surface area contributed by atoms with Gasteiger partial charge in [-0.3, -0.25) is 9.78 Å². The van der Waals surface area contributed by atoms with Gasteiger partial charge in [-0.15, -0.1) is 11.3 Å². The largest absolute Gasteiger partial charge is 0.495 e. The van der Waals surface area contributed by atoms with Crippen LogP contribution >= 0.6 is 11.3 Å². The number of hydrogen-bond acceptors (Lipinski definition) is 8. The molecule has 42 heavy (non-hydrogen) atoms. The molecule has 0 bridgehead atoms. The summed E-state index contributed by atoms with van der Waals surface area (Å²) in [6.07, 6.45) is 1.56. The molecule has 0 unspecified atom stereocenters. The molecule has 0 saturated heterocycles. The maximum Gasteiger partial charge on any atom is 0.393 e. The van der Waals surface area contributed by atoms with Crippen LogP contribution in [0.3, 0.4) is 0 Å². The molecule has 3 heterocycles. The van der Waals surface area contributed by atoms with Crippen LogP contribution < -0.4 is 15.4 Å². The topological polar surface area (TPSA) is 92.3 Å². The van der Waals surface area contributed by atoms with Gasteiger partial charge in [-0.25, -0.2) is 9.97 Å². The molecule has 1 aromatic carbocycles. The number of ether oxygens (including phenoxy) is 1. The molecule has 3 aromatic heterocycles. The highest BCUT2D eigenvalue weighted by Gasteiger charge is 2.34. The lowest BCUT2D eigenvalue weighted by molar-refractivity contribution is -0.134. The number of thiophene rings is 1. The van der Waals surface area contributed by atoms with Crippen molar-refractivity contribution in [1.82, 2.24) is 25.2 Å². The molecule has 1 fully saturated rings. The van der Waals surface area contributed by atoms with Crippen molar-refractivity contribution < 1.29 is 22.7 Å². The fraction of sp³-hybridized carbons (Fsp3) is 0.400. The fourth-order valence-electron chi connectivity index (χ4n) is 5.43. The number of benzene rings is 1. The minimum absolute atomic E-state index is 0.0491. The first-order valence-electron chi connectivity index (χ1n) is 13.7. The normalized spacial score (nSPS) is 19.0. The van der Waals surface area contributed by atoms with Crippen LogP contribution in [0.25, 0.3) is 21.3 Å². The molecular formula is C30H33F3N6O2S. The molecule has 5 rings (SSSR count). The molecule has 1 amide bonds. The summed E-state index contributed by atoms with van der Waals surface area (Å²) in [5, 5.41) is 7.63. The zero-order valence-corrected chi connectivity index (χ0v) is 24.4. The Morgan fingerprint density at radius 2 is 1.81 bits per heavy atom. The highest BCUT2D eigenvalue weighted by atomic mass is 32.1. The van der Waals surface area contributed by atoms with Crippen molar-refractivity contribution in [3.8, 4) is 16.9 Å². The molecule has 0 radical (unpaired) electrons. The van der Waals surface area contributed by atoms with Gasteiger partial charge in [-0.05, 0) is 42.5 Å². The number of methoxy groups -OCH3 is 1. The van der Waals surface area contributed by atoms with Crippen LogP contribution in [0.1, 0.15) is 29.7 Å². The highest BCUT2D eigenvalue weighted by Crippen LogP contribution is 2.35. The third-order valence-electron chi connectivity index (χ3n) is 7.42. The van der Waals surface area contributed by atoms with Gasteiger partial charge in [0, 0.05) is 55.3 Å². The third kappa shape index (κ3) is 7.35. The van der Waals surface area contributed by atoms with E-state index in [9.17, 15) is 18.0 Å². The van der Waals surface area contributed by atoms with Crippen molar-refractivity contribution in [2.75, 3.05) is 26.5 Å². The Balaban J connectivity index is 1.28. The first kappa shape index (κ1) is 29.7. The quantitative estimate of drug-likeness (QED) is 0.256. The van der Waals surface area contributed by atoms with E-state index in [2.05, 4.69) is 37.7 Å². The number of aromatic nitrogens is 3. The van der Waals surface area contributed by atoms with Crippen molar-refractivity contribution >= 4 is 33.3 Å². The third-order valence-corrected chi connectivity index (χ3v) is 8.47. The van der Waals surface area contributed by atoms with Crippen LogP contribution in [0.15, 0.2) is 55.1 Å². The van der Waals surface area contributed by atoms with Gasteiger partial charge in [0.05, 0.1) is 25.1 Å². The first-order valence-corrected chi connectivity index (χ1v) is 14.5. The Hall–Kier alpha value is -3.77. The van der Waals surface area contributed by atoms with Gasteiger partial charge in [-0.1, -0.05) is 24.3 Å². The zero-order valence-electron chi connectivity index (χ0n) is 23.6. The van der Waals surface area contributed by atoms with Gasteiger partial charge in [0.25, 0.3) is 0 Å². The number of fused-ring (bicyclic) bond motifs is 1. The minimum atomic E-state index is -4.30. The van der Waals surface area contributed by atoms with Crippen molar-refractivity contribution in [3.05, 3.63) is 65.6 Å². The van der Waals surface area contributed by atoms with Crippen LogP contribution in [-0.2, 0) is 17.8 Å². The summed E-state index contributed by atoms with van der Waals surface area (Å²) in [4.78, 5) is 28.1. The standard InChI is InChI=1S/C30H33F3N6O2S/c1-39(2)29(40)20-8-22(35-14-18-4-6-19(7-5-18)21-10-24(41-3)16-34-15-21)11-23(9-20)38-27-26-12-25(13-30(31,32)33)42-28(26)37-17-36-27/h4-7,10,12,15-17,20,22-23,35H,8-9,11,13-14H2,1-3H3,(H,36,37,38)/t20-,22+,23-/m1/s1. The van der Waals surface area contributed by atoms with E-state index in [-0.39, 0.29) is 28.8 Å². The Morgan fingerprint density at radius 1 is 1.05 bits per heavy atom. The molecule has 4 aromatic rings. The number of alkyl halides is 3. The molecule has 1 saturated carbocycles. The fourth-order valence-corrected chi connectivity index (χ4v) is 6.46. The summed E-state index contributed by atoms with van der Waals surface area (Å²) in [6.45, 7) is 0.625. The van der Waals surface area contributed by atoms with E-state index in [0.29, 0.717) is 41.2 Å². The number of halogens is 3. The van der Waals surface area contributed by atoms with E-state index in [4.69, 9.17) is 4.74 Å². The molecule has 8 nitrogen and oxygen atoms in total. The van der Waals surface area contributed by atoms with Gasteiger partial charge >= 0.3 is 6.18 Å². The molecule has 2 N–H and O–H groups in total. The van der Waals surface area contributed by atoms with Gasteiger partial charge < -0.3 is 20.3 Å². The van der Waals surface area contributed by atoms with E-state index in [1.54, 1.807) is 38.5 Å². The number of carbonyl (C=O) groups is 1. The van der Waals surface area contributed by atoms with Crippen LogP contribution in [0.2, 0.25) is 0 Å². The number of nitrogens with one attached hydrogen (secondary N) is 2.